The Bertz CT molecular complexity index is 762. The van der Waals surface area contributed by atoms with E-state index in [0.29, 0.717) is 4.90 Å². The van der Waals surface area contributed by atoms with Crippen LogP contribution in [0.25, 0.3) is 0 Å². The van der Waals surface area contributed by atoms with Crippen LogP contribution in [0.15, 0.2) is 24.2 Å². The van der Waals surface area contributed by atoms with E-state index in [2.05, 4.69) is 5.32 Å². The van der Waals surface area contributed by atoms with Gasteiger partial charge in [-0.1, -0.05) is 12.1 Å². The van der Waals surface area contributed by atoms with Crippen LogP contribution in [0.1, 0.15) is 37.7 Å². The molecule has 2 aliphatic rings. The number of rotatable bonds is 1. The van der Waals surface area contributed by atoms with Gasteiger partial charge in [-0.05, 0) is 18.5 Å². The number of nitrogens with one attached hydrogen (secondary N) is 1. The van der Waals surface area contributed by atoms with E-state index in [1.807, 2.05) is 0 Å². The third-order valence-electron chi connectivity index (χ3n) is 3.12. The van der Waals surface area contributed by atoms with Crippen molar-refractivity contribution in [2.75, 3.05) is 0 Å². The first kappa shape index (κ1) is 8.58. The normalized spacial score (nSPS) is 24.7. The van der Waals surface area contributed by atoms with Crippen molar-refractivity contribution < 1.29 is 23.3 Å². The summed E-state index contributed by atoms with van der Waals surface area (Å²) < 4.78 is 23.0. The highest BCUT2D eigenvalue weighted by Gasteiger charge is 2.44. The SMILES string of the molecule is [2H]c1cc([2H])c2c(c1[2H])C(=O)N(C1CCC(=O)NC1=O)C2=O. The summed E-state index contributed by atoms with van der Waals surface area (Å²) in [5, 5.41) is 2.06. The second-order valence-electron chi connectivity index (χ2n) is 4.26. The predicted octanol–water partition coefficient (Wildman–Crippen LogP) is 0.0878. The van der Waals surface area contributed by atoms with Crippen molar-refractivity contribution in [2.45, 2.75) is 18.9 Å². The van der Waals surface area contributed by atoms with Crippen LogP contribution in [0, 0.1) is 0 Å². The van der Waals surface area contributed by atoms with Crippen LogP contribution in [-0.4, -0.2) is 34.6 Å². The van der Waals surface area contributed by atoms with Gasteiger partial charge >= 0.3 is 0 Å². The number of carbonyl (C=O) groups excluding carboxylic acids is 4. The van der Waals surface area contributed by atoms with Gasteiger partial charge in [0.2, 0.25) is 11.8 Å². The molecule has 1 aromatic carbocycles. The summed E-state index contributed by atoms with van der Waals surface area (Å²) in [5.74, 6) is -2.95. The number of carbonyl (C=O) groups is 4. The highest BCUT2D eigenvalue weighted by molar-refractivity contribution is 6.23. The van der Waals surface area contributed by atoms with Crippen LogP contribution in [0.5, 0.6) is 0 Å². The van der Waals surface area contributed by atoms with Crippen LogP contribution in [0.3, 0.4) is 0 Å². The summed E-state index contributed by atoms with van der Waals surface area (Å²) in [7, 11) is 0. The van der Waals surface area contributed by atoms with Gasteiger partial charge in [0.25, 0.3) is 11.8 Å². The number of amides is 4. The van der Waals surface area contributed by atoms with Crippen molar-refractivity contribution in [3.63, 3.8) is 0 Å². The lowest BCUT2D eigenvalue weighted by atomic mass is 10.0. The lowest BCUT2D eigenvalue weighted by molar-refractivity contribution is -0.136. The molecule has 3 rings (SSSR count). The topological polar surface area (TPSA) is 83.6 Å². The van der Waals surface area contributed by atoms with Gasteiger partial charge in [-0.2, -0.15) is 0 Å². The molecule has 19 heavy (non-hydrogen) atoms. The zero-order chi connectivity index (χ0) is 16.2. The molecule has 1 atom stereocenters. The largest absolute Gasteiger partial charge is 0.295 e. The first-order valence-electron chi connectivity index (χ1n) is 7.15. The predicted molar refractivity (Wildman–Crippen MR) is 63.1 cm³/mol. The van der Waals surface area contributed by atoms with Crippen molar-refractivity contribution in [3.05, 3.63) is 35.3 Å². The van der Waals surface area contributed by atoms with Crippen molar-refractivity contribution in [2.24, 2.45) is 0 Å². The van der Waals surface area contributed by atoms with E-state index < -0.39 is 35.7 Å². The van der Waals surface area contributed by atoms with Crippen molar-refractivity contribution in [1.29, 1.82) is 0 Å². The lowest BCUT2D eigenvalue weighted by Gasteiger charge is -2.27. The Morgan fingerprint density at radius 3 is 2.53 bits per heavy atom. The highest BCUT2D eigenvalue weighted by atomic mass is 16.2. The molecule has 1 fully saturated rings. The third-order valence-corrected chi connectivity index (χ3v) is 3.12. The van der Waals surface area contributed by atoms with E-state index in [1.165, 1.54) is 0 Å². The van der Waals surface area contributed by atoms with E-state index in [0.717, 1.165) is 6.07 Å². The first-order valence-corrected chi connectivity index (χ1v) is 5.65. The van der Waals surface area contributed by atoms with Gasteiger partial charge in [0.1, 0.15) is 6.04 Å². The zero-order valence-corrected chi connectivity index (χ0v) is 9.65. The Kier molecular flexibility index (Phi) is 1.81. The quantitative estimate of drug-likeness (QED) is 0.726. The summed E-state index contributed by atoms with van der Waals surface area (Å²) in [6.45, 7) is 0. The van der Waals surface area contributed by atoms with Crippen LogP contribution < -0.4 is 5.32 Å². The molecular formula is C13H10N2O4. The molecule has 1 N–H and O–H groups in total. The molecule has 0 radical (unpaired) electrons. The monoisotopic (exact) mass is 261 g/mol. The fourth-order valence-electron chi connectivity index (χ4n) is 2.22. The second kappa shape index (κ2) is 4.01. The summed E-state index contributed by atoms with van der Waals surface area (Å²) in [4.78, 5) is 48.5. The van der Waals surface area contributed by atoms with E-state index in [-0.39, 0.29) is 36.1 Å². The maximum absolute atomic E-state index is 12.4. The van der Waals surface area contributed by atoms with E-state index in [4.69, 9.17) is 4.11 Å². The maximum atomic E-state index is 12.4. The molecule has 0 aliphatic carbocycles. The van der Waals surface area contributed by atoms with Crippen molar-refractivity contribution in [1.82, 2.24) is 10.2 Å². The Balaban J connectivity index is 2.08. The molecule has 0 aromatic heterocycles. The summed E-state index contributed by atoms with van der Waals surface area (Å²) in [5.41, 5.74) is -0.595. The molecule has 4 amide bonds. The van der Waals surface area contributed by atoms with Crippen LogP contribution in [0.2, 0.25) is 0 Å². The molecular weight excluding hydrogens is 248 g/mol. The Labute approximate surface area is 112 Å². The van der Waals surface area contributed by atoms with Crippen LogP contribution in [0.4, 0.5) is 0 Å². The Hall–Kier alpha value is -2.50. The minimum atomic E-state index is -1.14. The summed E-state index contributed by atoms with van der Waals surface area (Å²) >= 11 is 0. The fourth-order valence-corrected chi connectivity index (χ4v) is 2.22. The maximum Gasteiger partial charge on any atom is 0.262 e. The third kappa shape index (κ3) is 1.64. The lowest BCUT2D eigenvalue weighted by Crippen LogP contribution is -2.54. The van der Waals surface area contributed by atoms with E-state index in [9.17, 15) is 19.2 Å². The zero-order valence-electron chi connectivity index (χ0n) is 12.6. The molecule has 6 heteroatoms. The van der Waals surface area contributed by atoms with Gasteiger partial charge in [0.05, 0.1) is 15.2 Å². The molecule has 1 unspecified atom stereocenters. The molecule has 0 saturated carbocycles. The molecule has 96 valence electrons. The van der Waals surface area contributed by atoms with Crippen molar-refractivity contribution in [3.8, 4) is 0 Å². The smallest absolute Gasteiger partial charge is 0.262 e. The van der Waals surface area contributed by atoms with Crippen LogP contribution >= 0.6 is 0 Å². The number of hydrogen-bond acceptors (Lipinski definition) is 4. The van der Waals surface area contributed by atoms with Gasteiger partial charge in [0.15, 0.2) is 0 Å². The molecule has 0 bridgehead atoms. The highest BCUT2D eigenvalue weighted by Crippen LogP contribution is 2.26. The van der Waals surface area contributed by atoms with E-state index in [1.54, 1.807) is 0 Å². The first-order chi connectivity index (χ1) is 10.3. The molecule has 6 nitrogen and oxygen atoms in total. The van der Waals surface area contributed by atoms with Gasteiger partial charge in [-0.15, -0.1) is 0 Å². The van der Waals surface area contributed by atoms with Gasteiger partial charge < -0.3 is 0 Å². The summed E-state index contributed by atoms with van der Waals surface area (Å²) in [6.07, 6.45) is -0.000491. The van der Waals surface area contributed by atoms with Gasteiger partial charge in [-0.3, -0.25) is 29.4 Å². The minimum Gasteiger partial charge on any atom is -0.295 e. The molecule has 0 spiro atoms. The number of imide groups is 2. The standard InChI is InChI=1S/C13H10N2O4/c16-10-6-5-9(11(17)14-10)15-12(18)7-3-1-2-4-8(7)13(15)19/h1-4,9H,5-6H2,(H,14,16,17)/i1D,3D,4D. The number of piperidine rings is 1. The minimum absolute atomic E-state index is 0.00450. The average molecular weight is 261 g/mol. The van der Waals surface area contributed by atoms with E-state index >= 15 is 0 Å². The second-order valence-corrected chi connectivity index (χ2v) is 4.26. The molecule has 1 saturated heterocycles. The number of benzene rings is 1. The Morgan fingerprint density at radius 1 is 1.16 bits per heavy atom. The van der Waals surface area contributed by atoms with Gasteiger partial charge in [0, 0.05) is 6.42 Å². The van der Waals surface area contributed by atoms with Crippen LogP contribution in [-0.2, 0) is 9.59 Å². The fraction of sp³-hybridized carbons (Fsp3) is 0.231. The number of fused-ring (bicyclic) bond motifs is 1. The average Bonchev–Trinajstić information content (AvgIpc) is 2.69. The molecule has 1 aromatic rings. The number of nitrogens with zero attached hydrogens (tertiary/aromatic N) is 1. The van der Waals surface area contributed by atoms with Crippen molar-refractivity contribution >= 4 is 23.6 Å². The summed E-state index contributed by atoms with van der Waals surface area (Å²) in [6, 6.07) is -1.24. The molecule has 2 aliphatic heterocycles. The number of hydrogen-bond donors (Lipinski definition) is 1. The van der Waals surface area contributed by atoms with Gasteiger partial charge in [-0.25, -0.2) is 0 Å². The molecule has 2 heterocycles. The Morgan fingerprint density at radius 2 is 1.84 bits per heavy atom.